The standard InChI is InChI=1S/C31H44N4O2/c1-7-10-16-34(17-18-36)24-13-14-28-26(19-24)27(20-31(5,6)22-37-9-3)30(35(28)8-2)25-12-11-15-33-29(25)23(4)21-32/h9,11-15,19,21,23,32,36H,3,7-8,10,16-18,20,22H2,1-2,4-6H3. The molecule has 1 atom stereocenters. The van der Waals surface area contributed by atoms with Gasteiger partial charge < -0.3 is 24.7 Å². The van der Waals surface area contributed by atoms with E-state index < -0.39 is 0 Å². The lowest BCUT2D eigenvalue weighted by Gasteiger charge is -2.26. The average molecular weight is 505 g/mol. The number of unbranched alkanes of at least 4 members (excludes halogenated alkanes) is 1. The number of benzene rings is 1. The molecule has 0 aliphatic carbocycles. The normalized spacial score (nSPS) is 12.5. The van der Waals surface area contributed by atoms with Gasteiger partial charge in [0.25, 0.3) is 0 Å². The van der Waals surface area contributed by atoms with E-state index in [1.165, 1.54) is 34.6 Å². The first-order valence-electron chi connectivity index (χ1n) is 13.5. The van der Waals surface area contributed by atoms with Crippen LogP contribution in [0.1, 0.15) is 64.6 Å². The number of rotatable bonds is 15. The number of hydrogen-bond acceptors (Lipinski definition) is 5. The topological polar surface area (TPSA) is 74.4 Å². The van der Waals surface area contributed by atoms with Crippen LogP contribution >= 0.6 is 0 Å². The zero-order valence-electron chi connectivity index (χ0n) is 23.3. The smallest absolute Gasteiger partial charge is 0.0927 e. The predicted octanol–water partition coefficient (Wildman–Crippen LogP) is 6.80. The van der Waals surface area contributed by atoms with Crippen LogP contribution in [-0.2, 0) is 17.7 Å². The van der Waals surface area contributed by atoms with Crippen LogP contribution in [0.25, 0.3) is 22.2 Å². The van der Waals surface area contributed by atoms with Crippen LogP contribution in [0.3, 0.4) is 0 Å². The van der Waals surface area contributed by atoms with Gasteiger partial charge in [-0.15, -0.1) is 0 Å². The Morgan fingerprint density at radius 1 is 1.24 bits per heavy atom. The van der Waals surface area contributed by atoms with Gasteiger partial charge in [-0.05, 0) is 55.7 Å². The summed E-state index contributed by atoms with van der Waals surface area (Å²) in [5.41, 5.74) is 6.62. The van der Waals surface area contributed by atoms with E-state index in [0.29, 0.717) is 13.2 Å². The Labute approximate surface area is 222 Å². The van der Waals surface area contributed by atoms with E-state index in [9.17, 15) is 5.11 Å². The average Bonchev–Trinajstić information content (AvgIpc) is 3.21. The number of aliphatic hydroxyl groups excluding tert-OH is 1. The maximum atomic E-state index is 9.75. The highest BCUT2D eigenvalue weighted by Crippen LogP contribution is 2.41. The molecule has 2 N–H and O–H groups in total. The Balaban J connectivity index is 2.32. The van der Waals surface area contributed by atoms with Crippen LogP contribution in [0.4, 0.5) is 5.69 Å². The fourth-order valence-corrected chi connectivity index (χ4v) is 5.14. The van der Waals surface area contributed by atoms with Crippen molar-refractivity contribution in [2.24, 2.45) is 5.41 Å². The summed E-state index contributed by atoms with van der Waals surface area (Å²) in [4.78, 5) is 7.01. The molecule has 0 saturated carbocycles. The molecule has 0 radical (unpaired) electrons. The summed E-state index contributed by atoms with van der Waals surface area (Å²) >= 11 is 0. The van der Waals surface area contributed by atoms with Gasteiger partial charge in [0.1, 0.15) is 0 Å². The third kappa shape index (κ3) is 6.42. The molecule has 37 heavy (non-hydrogen) atoms. The molecule has 6 heteroatoms. The molecular formula is C31H44N4O2. The van der Waals surface area contributed by atoms with Gasteiger partial charge in [0, 0.05) is 65.5 Å². The van der Waals surface area contributed by atoms with E-state index in [2.05, 4.69) is 68.0 Å². The molecule has 0 amide bonds. The molecule has 3 rings (SSSR count). The maximum Gasteiger partial charge on any atom is 0.0927 e. The highest BCUT2D eigenvalue weighted by atomic mass is 16.5. The minimum atomic E-state index is -0.131. The largest absolute Gasteiger partial charge is 0.501 e. The molecule has 200 valence electrons. The second-order valence-electron chi connectivity index (χ2n) is 10.5. The van der Waals surface area contributed by atoms with Crippen molar-refractivity contribution in [2.45, 2.75) is 66.3 Å². The van der Waals surface area contributed by atoms with Crippen LogP contribution in [-0.4, -0.2) is 47.2 Å². The van der Waals surface area contributed by atoms with Crippen molar-refractivity contribution in [1.29, 1.82) is 5.41 Å². The Morgan fingerprint density at radius 2 is 2.03 bits per heavy atom. The van der Waals surface area contributed by atoms with Gasteiger partial charge in [-0.25, -0.2) is 0 Å². The number of nitrogens with one attached hydrogen (secondary N) is 1. The summed E-state index contributed by atoms with van der Waals surface area (Å²) in [6.45, 7) is 17.6. The number of nitrogens with zero attached hydrogens (tertiary/aromatic N) is 3. The Morgan fingerprint density at radius 3 is 2.68 bits per heavy atom. The molecule has 0 saturated heterocycles. The molecule has 2 heterocycles. The van der Waals surface area contributed by atoms with Gasteiger partial charge in [-0.2, -0.15) is 0 Å². The fourth-order valence-electron chi connectivity index (χ4n) is 5.14. The summed E-state index contributed by atoms with van der Waals surface area (Å²) in [5, 5.41) is 18.9. The van der Waals surface area contributed by atoms with Gasteiger partial charge in [0.2, 0.25) is 0 Å². The number of aryl methyl sites for hydroxylation is 1. The quantitative estimate of drug-likeness (QED) is 0.176. The number of anilines is 1. The second-order valence-corrected chi connectivity index (χ2v) is 10.5. The van der Waals surface area contributed by atoms with E-state index in [-0.39, 0.29) is 17.9 Å². The zero-order valence-corrected chi connectivity index (χ0v) is 23.3. The lowest BCUT2D eigenvalue weighted by Crippen LogP contribution is -2.27. The summed E-state index contributed by atoms with van der Waals surface area (Å²) in [5.74, 6) is -0.0888. The van der Waals surface area contributed by atoms with Crippen LogP contribution in [0.5, 0.6) is 0 Å². The van der Waals surface area contributed by atoms with Gasteiger partial charge >= 0.3 is 0 Å². The third-order valence-electron chi connectivity index (χ3n) is 7.01. The fraction of sp³-hybridized carbons (Fsp3) is 0.484. The zero-order chi connectivity index (χ0) is 27.0. The van der Waals surface area contributed by atoms with Crippen LogP contribution in [0.15, 0.2) is 49.4 Å². The maximum absolute atomic E-state index is 9.75. The number of aliphatic hydroxyl groups is 1. The molecule has 0 fully saturated rings. The molecule has 1 unspecified atom stereocenters. The molecule has 2 aromatic heterocycles. The molecule has 0 bridgehead atoms. The number of hydrogen-bond donors (Lipinski definition) is 2. The minimum absolute atomic E-state index is 0.0888. The Kier molecular flexibility index (Phi) is 9.93. The van der Waals surface area contributed by atoms with Gasteiger partial charge in [-0.3, -0.25) is 4.98 Å². The van der Waals surface area contributed by atoms with Crippen molar-refractivity contribution in [3.63, 3.8) is 0 Å². The molecule has 1 aromatic carbocycles. The first kappa shape index (κ1) is 28.5. The molecule has 0 spiro atoms. The second kappa shape index (κ2) is 12.9. The van der Waals surface area contributed by atoms with Gasteiger partial charge in [-0.1, -0.05) is 40.7 Å². The highest BCUT2D eigenvalue weighted by Gasteiger charge is 2.28. The van der Waals surface area contributed by atoms with Crippen molar-refractivity contribution in [2.75, 3.05) is 31.2 Å². The third-order valence-corrected chi connectivity index (χ3v) is 7.01. The summed E-state index contributed by atoms with van der Waals surface area (Å²) in [7, 11) is 0. The molecular weight excluding hydrogens is 460 g/mol. The molecule has 0 aliphatic rings. The van der Waals surface area contributed by atoms with Crippen LogP contribution in [0.2, 0.25) is 0 Å². The van der Waals surface area contributed by atoms with E-state index in [1.54, 1.807) is 0 Å². The number of fused-ring (bicyclic) bond motifs is 1. The SMILES string of the molecule is C=COCC(C)(C)Cc1c(-c2cccnc2C(C)C=N)n(CC)c2ccc(N(CCO)CCCC)cc12. The lowest BCUT2D eigenvalue weighted by atomic mass is 9.84. The van der Waals surface area contributed by atoms with E-state index in [4.69, 9.17) is 15.1 Å². The van der Waals surface area contributed by atoms with Crippen molar-refractivity contribution in [1.82, 2.24) is 9.55 Å². The predicted molar refractivity (Wildman–Crippen MR) is 156 cm³/mol. The van der Waals surface area contributed by atoms with Crippen molar-refractivity contribution in [3.8, 4) is 11.3 Å². The summed E-state index contributed by atoms with van der Waals surface area (Å²) in [6.07, 6.45) is 7.80. The summed E-state index contributed by atoms with van der Waals surface area (Å²) in [6, 6.07) is 10.8. The number of ether oxygens (including phenoxy) is 1. The van der Waals surface area contributed by atoms with Gasteiger partial charge in [0.05, 0.1) is 30.9 Å². The monoisotopic (exact) mass is 504 g/mol. The van der Waals surface area contributed by atoms with Crippen LogP contribution < -0.4 is 4.90 Å². The van der Waals surface area contributed by atoms with E-state index in [1.807, 2.05) is 19.2 Å². The van der Waals surface area contributed by atoms with Crippen molar-refractivity contribution >= 4 is 22.8 Å². The Bertz CT molecular complexity index is 1200. The van der Waals surface area contributed by atoms with Crippen molar-refractivity contribution in [3.05, 3.63) is 60.6 Å². The first-order chi connectivity index (χ1) is 17.8. The minimum Gasteiger partial charge on any atom is -0.501 e. The highest BCUT2D eigenvalue weighted by molar-refractivity contribution is 5.95. The molecule has 3 aromatic rings. The Hall–Kier alpha value is -3.12. The molecule has 0 aliphatic heterocycles. The van der Waals surface area contributed by atoms with Gasteiger partial charge in [0.15, 0.2) is 0 Å². The van der Waals surface area contributed by atoms with E-state index >= 15 is 0 Å². The van der Waals surface area contributed by atoms with Crippen molar-refractivity contribution < 1.29 is 9.84 Å². The first-order valence-corrected chi connectivity index (χ1v) is 13.5. The summed E-state index contributed by atoms with van der Waals surface area (Å²) < 4.78 is 8.05. The number of aromatic nitrogens is 2. The molecule has 6 nitrogen and oxygen atoms in total. The van der Waals surface area contributed by atoms with E-state index in [0.717, 1.165) is 49.3 Å². The lowest BCUT2D eigenvalue weighted by molar-refractivity contribution is 0.138. The van der Waals surface area contributed by atoms with Crippen LogP contribution in [0, 0.1) is 10.8 Å². The number of pyridine rings is 1.